The van der Waals surface area contributed by atoms with Crippen LogP contribution in [-0.2, 0) is 16.1 Å². The SMILES string of the molecule is CCC(C(=O)NC(C)(C)C)N(Cc1ccccc1C)C(=O)COc1ccc(Cl)cc1Br. The first-order valence-electron chi connectivity index (χ1n) is 10.3. The molecule has 0 aliphatic carbocycles. The molecule has 0 bridgehead atoms. The summed E-state index contributed by atoms with van der Waals surface area (Å²) in [5.74, 6) is 0.0754. The van der Waals surface area contributed by atoms with Crippen LogP contribution in [0, 0.1) is 6.92 Å². The summed E-state index contributed by atoms with van der Waals surface area (Å²) in [6.45, 7) is 9.81. The maximum Gasteiger partial charge on any atom is 0.261 e. The van der Waals surface area contributed by atoms with Gasteiger partial charge in [-0.15, -0.1) is 0 Å². The number of hydrogen-bond acceptors (Lipinski definition) is 3. The highest BCUT2D eigenvalue weighted by molar-refractivity contribution is 9.10. The van der Waals surface area contributed by atoms with Gasteiger partial charge in [0.1, 0.15) is 11.8 Å². The van der Waals surface area contributed by atoms with Crippen molar-refractivity contribution in [2.75, 3.05) is 6.61 Å². The molecule has 0 saturated carbocycles. The van der Waals surface area contributed by atoms with E-state index in [2.05, 4.69) is 21.2 Å². The van der Waals surface area contributed by atoms with Gasteiger partial charge in [-0.05, 0) is 79.4 Å². The Hall–Kier alpha value is -2.05. The fraction of sp³-hybridized carbons (Fsp3) is 0.417. The lowest BCUT2D eigenvalue weighted by atomic mass is 10.0. The van der Waals surface area contributed by atoms with Gasteiger partial charge in [0.15, 0.2) is 6.61 Å². The first-order chi connectivity index (χ1) is 14.5. The van der Waals surface area contributed by atoms with Crippen LogP contribution in [0.15, 0.2) is 46.9 Å². The van der Waals surface area contributed by atoms with Crippen molar-refractivity contribution in [1.82, 2.24) is 10.2 Å². The number of rotatable bonds is 8. The summed E-state index contributed by atoms with van der Waals surface area (Å²) in [6.07, 6.45) is 0.490. The highest BCUT2D eigenvalue weighted by Gasteiger charge is 2.31. The Balaban J connectivity index is 2.27. The van der Waals surface area contributed by atoms with Gasteiger partial charge in [0.2, 0.25) is 5.91 Å². The van der Waals surface area contributed by atoms with Crippen molar-refractivity contribution < 1.29 is 14.3 Å². The van der Waals surface area contributed by atoms with Crippen molar-refractivity contribution >= 4 is 39.3 Å². The van der Waals surface area contributed by atoms with Gasteiger partial charge in [-0.2, -0.15) is 0 Å². The maximum atomic E-state index is 13.3. The number of nitrogens with zero attached hydrogens (tertiary/aromatic N) is 1. The lowest BCUT2D eigenvalue weighted by Crippen LogP contribution is -2.54. The van der Waals surface area contributed by atoms with Crippen molar-refractivity contribution in [3.63, 3.8) is 0 Å². The van der Waals surface area contributed by atoms with Crippen LogP contribution < -0.4 is 10.1 Å². The molecule has 0 aromatic heterocycles. The van der Waals surface area contributed by atoms with E-state index in [1.54, 1.807) is 23.1 Å². The molecule has 5 nitrogen and oxygen atoms in total. The fourth-order valence-electron chi connectivity index (χ4n) is 3.16. The molecule has 168 valence electrons. The van der Waals surface area contributed by atoms with E-state index in [9.17, 15) is 9.59 Å². The van der Waals surface area contributed by atoms with Crippen LogP contribution in [-0.4, -0.2) is 34.9 Å². The number of ether oxygens (including phenoxy) is 1. The second kappa shape index (κ2) is 11.0. The molecule has 2 aromatic carbocycles. The maximum absolute atomic E-state index is 13.3. The zero-order valence-electron chi connectivity index (χ0n) is 18.7. The molecule has 1 unspecified atom stereocenters. The van der Waals surface area contributed by atoms with E-state index in [1.165, 1.54) is 0 Å². The molecule has 0 radical (unpaired) electrons. The summed E-state index contributed by atoms with van der Waals surface area (Å²) in [6, 6.07) is 12.4. The van der Waals surface area contributed by atoms with Gasteiger partial charge in [0, 0.05) is 17.1 Å². The van der Waals surface area contributed by atoms with E-state index in [0.29, 0.717) is 28.2 Å². The van der Waals surface area contributed by atoms with Crippen molar-refractivity contribution in [3.05, 3.63) is 63.1 Å². The van der Waals surface area contributed by atoms with E-state index in [0.717, 1.165) is 11.1 Å². The number of hydrogen-bond donors (Lipinski definition) is 1. The molecule has 2 rings (SSSR count). The van der Waals surface area contributed by atoms with E-state index in [-0.39, 0.29) is 18.4 Å². The quantitative estimate of drug-likeness (QED) is 0.510. The Morgan fingerprint density at radius 3 is 2.45 bits per heavy atom. The summed E-state index contributed by atoms with van der Waals surface area (Å²) < 4.78 is 6.41. The third-order valence-corrected chi connectivity index (χ3v) is 5.59. The van der Waals surface area contributed by atoms with E-state index in [1.807, 2.05) is 58.9 Å². The number of aryl methyl sites for hydroxylation is 1. The molecule has 1 atom stereocenters. The summed E-state index contributed by atoms with van der Waals surface area (Å²) in [4.78, 5) is 27.9. The highest BCUT2D eigenvalue weighted by atomic mass is 79.9. The minimum atomic E-state index is -0.608. The molecular weight excluding hydrogens is 480 g/mol. The number of nitrogens with one attached hydrogen (secondary N) is 1. The predicted molar refractivity (Wildman–Crippen MR) is 128 cm³/mol. The highest BCUT2D eigenvalue weighted by Crippen LogP contribution is 2.28. The van der Waals surface area contributed by atoms with Gasteiger partial charge < -0.3 is 15.0 Å². The number of benzene rings is 2. The van der Waals surface area contributed by atoms with Crippen LogP contribution in [0.3, 0.4) is 0 Å². The van der Waals surface area contributed by atoms with Gasteiger partial charge in [-0.1, -0.05) is 42.8 Å². The normalized spacial score (nSPS) is 12.2. The molecular formula is C24H30BrClN2O3. The molecule has 2 aromatic rings. The molecule has 0 fully saturated rings. The van der Waals surface area contributed by atoms with Gasteiger partial charge in [0.25, 0.3) is 5.91 Å². The molecule has 2 amide bonds. The smallest absolute Gasteiger partial charge is 0.261 e. The first-order valence-corrected chi connectivity index (χ1v) is 11.4. The zero-order chi connectivity index (χ0) is 23.2. The van der Waals surface area contributed by atoms with Crippen LogP contribution >= 0.6 is 27.5 Å². The Morgan fingerprint density at radius 1 is 1.19 bits per heavy atom. The van der Waals surface area contributed by atoms with Crippen molar-refractivity contribution in [3.8, 4) is 5.75 Å². The molecule has 31 heavy (non-hydrogen) atoms. The Labute approximate surface area is 198 Å². The predicted octanol–water partition coefficient (Wildman–Crippen LogP) is 5.51. The number of halogens is 2. The van der Waals surface area contributed by atoms with Crippen LogP contribution in [0.4, 0.5) is 0 Å². The summed E-state index contributed by atoms with van der Waals surface area (Å²) in [7, 11) is 0. The average Bonchev–Trinajstić information content (AvgIpc) is 2.67. The van der Waals surface area contributed by atoms with Crippen molar-refractivity contribution in [2.24, 2.45) is 0 Å². The van der Waals surface area contributed by atoms with Crippen molar-refractivity contribution in [1.29, 1.82) is 0 Å². The standard InChI is InChI=1S/C24H30BrClN2O3/c1-6-20(23(30)27-24(3,4)5)28(14-17-10-8-7-9-16(17)2)22(29)15-31-21-12-11-18(26)13-19(21)25/h7-13,20H,6,14-15H2,1-5H3,(H,27,30). The van der Waals surface area contributed by atoms with Crippen LogP contribution in [0.5, 0.6) is 5.75 Å². The molecule has 1 N–H and O–H groups in total. The molecule has 0 saturated heterocycles. The summed E-state index contributed by atoms with van der Waals surface area (Å²) in [5.41, 5.74) is 1.66. The van der Waals surface area contributed by atoms with Gasteiger partial charge in [-0.3, -0.25) is 9.59 Å². The molecule has 0 heterocycles. The summed E-state index contributed by atoms with van der Waals surface area (Å²) >= 11 is 9.38. The number of amides is 2. The molecule has 7 heteroatoms. The number of carbonyl (C=O) groups excluding carboxylic acids is 2. The molecule has 0 aliphatic heterocycles. The minimum Gasteiger partial charge on any atom is -0.483 e. The largest absolute Gasteiger partial charge is 0.483 e. The lowest BCUT2D eigenvalue weighted by Gasteiger charge is -2.33. The second-order valence-electron chi connectivity index (χ2n) is 8.47. The lowest BCUT2D eigenvalue weighted by molar-refractivity contribution is -0.143. The van der Waals surface area contributed by atoms with Crippen LogP contribution in [0.25, 0.3) is 0 Å². The fourth-order valence-corrected chi connectivity index (χ4v) is 3.96. The van der Waals surface area contributed by atoms with Crippen LogP contribution in [0.1, 0.15) is 45.2 Å². The van der Waals surface area contributed by atoms with E-state index >= 15 is 0 Å². The van der Waals surface area contributed by atoms with Crippen molar-refractivity contribution in [2.45, 2.75) is 59.2 Å². The minimum absolute atomic E-state index is 0.176. The van der Waals surface area contributed by atoms with Crippen LogP contribution in [0.2, 0.25) is 5.02 Å². The third-order valence-electron chi connectivity index (χ3n) is 4.73. The van der Waals surface area contributed by atoms with E-state index in [4.69, 9.17) is 16.3 Å². The van der Waals surface area contributed by atoms with Gasteiger partial charge in [-0.25, -0.2) is 0 Å². The Kier molecular flexibility index (Phi) is 8.95. The average molecular weight is 510 g/mol. The molecule has 0 spiro atoms. The first kappa shape index (κ1) is 25.2. The Morgan fingerprint density at radius 2 is 1.87 bits per heavy atom. The van der Waals surface area contributed by atoms with E-state index < -0.39 is 11.6 Å². The van der Waals surface area contributed by atoms with Gasteiger partial charge in [0.05, 0.1) is 4.47 Å². The monoisotopic (exact) mass is 508 g/mol. The summed E-state index contributed by atoms with van der Waals surface area (Å²) in [5, 5.41) is 3.57. The zero-order valence-corrected chi connectivity index (χ0v) is 21.0. The second-order valence-corrected chi connectivity index (χ2v) is 9.77. The van der Waals surface area contributed by atoms with Gasteiger partial charge >= 0.3 is 0 Å². The third kappa shape index (κ3) is 7.54. The number of carbonyl (C=O) groups is 2. The topological polar surface area (TPSA) is 58.6 Å². The molecule has 0 aliphatic rings. The Bertz CT molecular complexity index is 927.